The van der Waals surface area contributed by atoms with Crippen molar-refractivity contribution >= 4 is 5.91 Å². The van der Waals surface area contributed by atoms with Gasteiger partial charge in [-0.15, -0.1) is 0 Å². The van der Waals surface area contributed by atoms with Gasteiger partial charge in [-0.25, -0.2) is 4.98 Å². The molecule has 4 heteroatoms. The molecule has 0 aliphatic carbocycles. The predicted octanol–water partition coefficient (Wildman–Crippen LogP) is 0.910. The Kier molecular flexibility index (Phi) is 4.60. The fraction of sp³-hybridized carbons (Fsp3) is 0.375. The second kappa shape index (κ2) is 5.23. The number of primary amides is 1. The van der Waals surface area contributed by atoms with E-state index in [9.17, 15) is 4.79 Å². The monoisotopic (exact) mass is 167 g/mol. The van der Waals surface area contributed by atoms with E-state index in [0.29, 0.717) is 5.69 Å². The molecule has 0 radical (unpaired) electrons. The summed E-state index contributed by atoms with van der Waals surface area (Å²) < 4.78 is 0. The molecule has 12 heavy (non-hydrogen) atoms. The maximum absolute atomic E-state index is 10.5. The molecular weight excluding hydrogens is 154 g/mol. The van der Waals surface area contributed by atoms with Gasteiger partial charge in [0.05, 0.1) is 5.69 Å². The van der Waals surface area contributed by atoms with Crippen molar-refractivity contribution in [2.45, 2.75) is 20.8 Å². The zero-order valence-corrected chi connectivity index (χ0v) is 7.53. The summed E-state index contributed by atoms with van der Waals surface area (Å²) in [7, 11) is 0. The molecule has 0 saturated heterocycles. The maximum atomic E-state index is 10.5. The summed E-state index contributed by atoms with van der Waals surface area (Å²) in [6.07, 6.45) is 2.95. The topological polar surface area (TPSA) is 68.9 Å². The highest BCUT2D eigenvalue weighted by molar-refractivity contribution is 5.91. The highest BCUT2D eigenvalue weighted by Gasteiger charge is 2.04. The van der Waals surface area contributed by atoms with E-state index in [0.717, 1.165) is 0 Å². The lowest BCUT2D eigenvalue weighted by Crippen LogP contribution is -2.15. The number of nitrogens with zero attached hydrogens (tertiary/aromatic N) is 2. The van der Waals surface area contributed by atoms with E-state index in [1.807, 2.05) is 13.8 Å². The third kappa shape index (κ3) is 2.65. The van der Waals surface area contributed by atoms with Gasteiger partial charge in [0.2, 0.25) is 0 Å². The Labute approximate surface area is 71.8 Å². The second-order valence-electron chi connectivity index (χ2n) is 1.85. The van der Waals surface area contributed by atoms with Crippen molar-refractivity contribution in [3.8, 4) is 0 Å². The van der Waals surface area contributed by atoms with Gasteiger partial charge in [-0.05, 0) is 6.92 Å². The lowest BCUT2D eigenvalue weighted by atomic mass is 10.3. The fourth-order valence-electron chi connectivity index (χ4n) is 0.649. The molecule has 1 aromatic heterocycles. The summed E-state index contributed by atoms with van der Waals surface area (Å²) in [5.74, 6) is -0.536. The normalized spacial score (nSPS) is 8.25. The van der Waals surface area contributed by atoms with E-state index in [1.165, 1.54) is 12.4 Å². The minimum absolute atomic E-state index is 0.238. The van der Waals surface area contributed by atoms with Gasteiger partial charge in [-0.2, -0.15) is 0 Å². The van der Waals surface area contributed by atoms with Crippen LogP contribution >= 0.6 is 0 Å². The summed E-state index contributed by atoms with van der Waals surface area (Å²) in [4.78, 5) is 18.1. The van der Waals surface area contributed by atoms with Crippen LogP contribution in [0, 0.1) is 6.92 Å². The van der Waals surface area contributed by atoms with Crippen molar-refractivity contribution in [1.82, 2.24) is 9.97 Å². The first kappa shape index (κ1) is 10.6. The van der Waals surface area contributed by atoms with Crippen LogP contribution in [0.25, 0.3) is 0 Å². The van der Waals surface area contributed by atoms with Crippen LogP contribution in [0.4, 0.5) is 0 Å². The minimum Gasteiger partial charge on any atom is -0.364 e. The molecule has 0 saturated carbocycles. The van der Waals surface area contributed by atoms with Crippen LogP contribution in [0.5, 0.6) is 0 Å². The molecular formula is C8H13N3O. The first-order chi connectivity index (χ1) is 5.72. The number of hydrogen-bond acceptors (Lipinski definition) is 3. The van der Waals surface area contributed by atoms with Crippen molar-refractivity contribution in [2.75, 3.05) is 0 Å². The van der Waals surface area contributed by atoms with Gasteiger partial charge in [-0.3, -0.25) is 9.78 Å². The number of aryl methyl sites for hydroxylation is 1. The molecule has 0 atom stereocenters. The van der Waals surface area contributed by atoms with E-state index < -0.39 is 5.91 Å². The lowest BCUT2D eigenvalue weighted by Gasteiger charge is -1.95. The molecule has 0 aliphatic heterocycles. The maximum Gasteiger partial charge on any atom is 0.269 e. The van der Waals surface area contributed by atoms with Gasteiger partial charge in [0.25, 0.3) is 5.91 Å². The number of rotatable bonds is 1. The first-order valence-corrected chi connectivity index (χ1v) is 3.79. The molecule has 0 fully saturated rings. The number of aromatic nitrogens is 2. The van der Waals surface area contributed by atoms with Crippen molar-refractivity contribution < 1.29 is 4.79 Å². The van der Waals surface area contributed by atoms with Gasteiger partial charge in [0.1, 0.15) is 5.69 Å². The van der Waals surface area contributed by atoms with Crippen LogP contribution in [0.1, 0.15) is 30.0 Å². The number of carbonyl (C=O) groups excluding carboxylic acids is 1. The summed E-state index contributed by atoms with van der Waals surface area (Å²) in [6.45, 7) is 5.69. The molecule has 2 N–H and O–H groups in total. The fourth-order valence-corrected chi connectivity index (χ4v) is 0.649. The van der Waals surface area contributed by atoms with Gasteiger partial charge in [0.15, 0.2) is 0 Å². The summed E-state index contributed by atoms with van der Waals surface area (Å²) >= 11 is 0. The molecule has 4 nitrogen and oxygen atoms in total. The van der Waals surface area contributed by atoms with E-state index in [1.54, 1.807) is 6.92 Å². The second-order valence-corrected chi connectivity index (χ2v) is 1.85. The average Bonchev–Trinajstić information content (AvgIpc) is 2.08. The summed E-state index contributed by atoms with van der Waals surface area (Å²) in [6, 6.07) is 0. The van der Waals surface area contributed by atoms with Crippen LogP contribution in [0.3, 0.4) is 0 Å². The van der Waals surface area contributed by atoms with Crippen LogP contribution in [0.15, 0.2) is 12.4 Å². The first-order valence-electron chi connectivity index (χ1n) is 3.79. The van der Waals surface area contributed by atoms with E-state index in [-0.39, 0.29) is 5.69 Å². The van der Waals surface area contributed by atoms with Crippen molar-refractivity contribution in [3.63, 3.8) is 0 Å². The third-order valence-corrected chi connectivity index (χ3v) is 1.11. The molecule has 0 aliphatic rings. The van der Waals surface area contributed by atoms with Crippen molar-refractivity contribution in [1.29, 1.82) is 0 Å². The molecule has 66 valence electrons. The van der Waals surface area contributed by atoms with E-state index >= 15 is 0 Å². The van der Waals surface area contributed by atoms with Crippen LogP contribution in [-0.4, -0.2) is 15.9 Å². The molecule has 1 heterocycles. The standard InChI is InChI=1S/C6H7N3O.C2H6/c1-4-5(6(7)10)9-3-2-8-4;1-2/h2-3H,1H3,(H2,7,10);1-2H3. The van der Waals surface area contributed by atoms with Crippen LogP contribution in [-0.2, 0) is 0 Å². The largest absolute Gasteiger partial charge is 0.364 e. The Morgan fingerprint density at radius 2 is 1.83 bits per heavy atom. The van der Waals surface area contributed by atoms with Crippen molar-refractivity contribution in [3.05, 3.63) is 23.8 Å². The molecule has 1 amide bonds. The Bertz CT molecular complexity index is 260. The highest BCUT2D eigenvalue weighted by atomic mass is 16.1. The molecule has 1 rings (SSSR count). The zero-order valence-electron chi connectivity index (χ0n) is 7.53. The van der Waals surface area contributed by atoms with Gasteiger partial charge in [0, 0.05) is 12.4 Å². The third-order valence-electron chi connectivity index (χ3n) is 1.11. The predicted molar refractivity (Wildman–Crippen MR) is 46.6 cm³/mol. The number of hydrogen-bond donors (Lipinski definition) is 1. The quantitative estimate of drug-likeness (QED) is 0.675. The molecule has 0 bridgehead atoms. The Morgan fingerprint density at radius 3 is 2.17 bits per heavy atom. The molecule has 1 aromatic rings. The average molecular weight is 167 g/mol. The number of nitrogens with two attached hydrogens (primary N) is 1. The smallest absolute Gasteiger partial charge is 0.269 e. The Balaban J connectivity index is 0.000000561. The minimum atomic E-state index is -0.536. The molecule has 0 aromatic carbocycles. The number of carbonyl (C=O) groups is 1. The summed E-state index contributed by atoms with van der Waals surface area (Å²) in [5.41, 5.74) is 5.78. The number of amides is 1. The Morgan fingerprint density at radius 1 is 1.33 bits per heavy atom. The Hall–Kier alpha value is -1.45. The summed E-state index contributed by atoms with van der Waals surface area (Å²) in [5, 5.41) is 0. The van der Waals surface area contributed by atoms with E-state index in [2.05, 4.69) is 9.97 Å². The van der Waals surface area contributed by atoms with Gasteiger partial charge in [-0.1, -0.05) is 13.8 Å². The van der Waals surface area contributed by atoms with Gasteiger partial charge >= 0.3 is 0 Å². The SMILES string of the molecule is CC.Cc1nccnc1C(N)=O. The lowest BCUT2D eigenvalue weighted by molar-refractivity contribution is 0.0994. The highest BCUT2D eigenvalue weighted by Crippen LogP contribution is 1.95. The molecule has 0 spiro atoms. The van der Waals surface area contributed by atoms with E-state index in [4.69, 9.17) is 5.73 Å². The van der Waals surface area contributed by atoms with Crippen LogP contribution in [0.2, 0.25) is 0 Å². The van der Waals surface area contributed by atoms with Crippen LogP contribution < -0.4 is 5.73 Å². The zero-order chi connectivity index (χ0) is 9.56. The van der Waals surface area contributed by atoms with Gasteiger partial charge < -0.3 is 5.73 Å². The van der Waals surface area contributed by atoms with Crippen molar-refractivity contribution in [2.24, 2.45) is 5.73 Å². The molecule has 0 unspecified atom stereocenters.